The monoisotopic (exact) mass is 228 g/mol. The summed E-state index contributed by atoms with van der Waals surface area (Å²) in [5.74, 6) is 0.116. The molecule has 1 rings (SSSR count). The number of rotatable bonds is 4. The first kappa shape index (κ1) is 12.4. The predicted octanol–water partition coefficient (Wildman–Crippen LogP) is -1.34. The minimum absolute atomic E-state index is 0.116. The zero-order valence-electron chi connectivity index (χ0n) is 9.60. The first-order valence-electron chi connectivity index (χ1n) is 4.99. The molecule has 0 radical (unpaired) electrons. The maximum atomic E-state index is 11.6. The van der Waals surface area contributed by atoms with Gasteiger partial charge in [-0.2, -0.15) is 0 Å². The molecule has 0 fully saturated rings. The smallest absolute Gasteiger partial charge is 0.346 e. The Morgan fingerprint density at radius 2 is 2.06 bits per heavy atom. The first-order chi connectivity index (χ1) is 7.43. The fraction of sp³-hybridized carbons (Fsp3) is 0.667. The van der Waals surface area contributed by atoms with Crippen molar-refractivity contribution in [3.05, 3.63) is 20.8 Å². The normalized spacial score (nSPS) is 12.5. The van der Waals surface area contributed by atoms with E-state index in [1.807, 2.05) is 0 Å². The van der Waals surface area contributed by atoms with Gasteiger partial charge in [-0.1, -0.05) is 0 Å². The van der Waals surface area contributed by atoms with Crippen LogP contribution < -0.4 is 16.6 Å². The van der Waals surface area contributed by atoms with Crippen LogP contribution in [0, 0.1) is 0 Å². The number of anilines is 1. The topological polar surface area (TPSA) is 89.2 Å². The largest absolute Gasteiger partial charge is 0.393 e. The van der Waals surface area contributed by atoms with Gasteiger partial charge in [-0.05, 0) is 13.3 Å². The Hall–Kier alpha value is -1.63. The number of hydrogen-bond donors (Lipinski definition) is 2. The first-order valence-corrected chi connectivity index (χ1v) is 4.99. The maximum absolute atomic E-state index is 11.6. The molecule has 90 valence electrons. The molecule has 0 aliphatic rings. The number of nitrogens with one attached hydrogen (secondary N) is 1. The minimum atomic E-state index is -0.467. The van der Waals surface area contributed by atoms with E-state index in [2.05, 4.69) is 10.4 Å². The summed E-state index contributed by atoms with van der Waals surface area (Å²) in [5.41, 5.74) is -0.931. The van der Waals surface area contributed by atoms with Crippen molar-refractivity contribution in [3.8, 4) is 0 Å². The highest BCUT2D eigenvalue weighted by Crippen LogP contribution is 1.93. The Balaban J connectivity index is 2.90. The average Bonchev–Trinajstić information content (AvgIpc) is 2.22. The van der Waals surface area contributed by atoms with Crippen LogP contribution >= 0.6 is 0 Å². The van der Waals surface area contributed by atoms with E-state index in [0.717, 1.165) is 9.25 Å². The lowest BCUT2D eigenvalue weighted by molar-refractivity contribution is 0.188. The van der Waals surface area contributed by atoms with E-state index in [4.69, 9.17) is 5.11 Å². The lowest BCUT2D eigenvalue weighted by Gasteiger charge is -2.08. The molecule has 1 heterocycles. The molecule has 1 aromatic heterocycles. The lowest BCUT2D eigenvalue weighted by atomic mass is 10.3. The van der Waals surface area contributed by atoms with Crippen molar-refractivity contribution < 1.29 is 5.11 Å². The Morgan fingerprint density at radius 3 is 2.62 bits per heavy atom. The zero-order chi connectivity index (χ0) is 12.3. The predicted molar refractivity (Wildman–Crippen MR) is 59.5 cm³/mol. The molecule has 2 N–H and O–H groups in total. The number of nitrogens with zero attached hydrogens (tertiary/aromatic N) is 3. The van der Waals surface area contributed by atoms with Crippen molar-refractivity contribution in [1.29, 1.82) is 0 Å². The third kappa shape index (κ3) is 2.69. The highest BCUT2D eigenvalue weighted by Gasteiger charge is 2.07. The lowest BCUT2D eigenvalue weighted by Crippen LogP contribution is -2.40. The zero-order valence-corrected chi connectivity index (χ0v) is 9.60. The van der Waals surface area contributed by atoms with Crippen LogP contribution in [-0.4, -0.2) is 32.1 Å². The molecule has 0 bridgehead atoms. The summed E-state index contributed by atoms with van der Waals surface area (Å²) in [6, 6.07) is 0. The molecule has 0 saturated heterocycles. The molecule has 1 unspecified atom stereocenters. The van der Waals surface area contributed by atoms with E-state index < -0.39 is 17.4 Å². The molecule has 0 spiro atoms. The number of aliphatic hydroxyl groups excluding tert-OH is 1. The van der Waals surface area contributed by atoms with Crippen LogP contribution in [0.25, 0.3) is 0 Å². The van der Waals surface area contributed by atoms with Crippen LogP contribution in [0.1, 0.15) is 13.3 Å². The van der Waals surface area contributed by atoms with Gasteiger partial charge in [-0.25, -0.2) is 9.48 Å². The van der Waals surface area contributed by atoms with Crippen molar-refractivity contribution in [3.63, 3.8) is 0 Å². The summed E-state index contributed by atoms with van der Waals surface area (Å²) in [7, 11) is 2.87. The van der Waals surface area contributed by atoms with E-state index in [1.54, 1.807) is 6.92 Å². The average molecular weight is 228 g/mol. The molecular weight excluding hydrogens is 212 g/mol. The second-order valence-corrected chi connectivity index (χ2v) is 3.68. The quantitative estimate of drug-likeness (QED) is 0.666. The Labute approximate surface area is 92.3 Å². The molecule has 0 aliphatic heterocycles. The fourth-order valence-corrected chi connectivity index (χ4v) is 1.21. The molecule has 16 heavy (non-hydrogen) atoms. The summed E-state index contributed by atoms with van der Waals surface area (Å²) >= 11 is 0. The van der Waals surface area contributed by atoms with Crippen molar-refractivity contribution >= 4 is 5.82 Å². The molecule has 1 atom stereocenters. The molecule has 7 heteroatoms. The highest BCUT2D eigenvalue weighted by molar-refractivity contribution is 5.29. The van der Waals surface area contributed by atoms with Crippen LogP contribution in [0.5, 0.6) is 0 Å². The van der Waals surface area contributed by atoms with Crippen molar-refractivity contribution in [2.45, 2.75) is 19.4 Å². The van der Waals surface area contributed by atoms with Crippen LogP contribution in [0.2, 0.25) is 0 Å². The van der Waals surface area contributed by atoms with Gasteiger partial charge in [0.25, 0.3) is 5.56 Å². The molecule has 1 aromatic rings. The van der Waals surface area contributed by atoms with Crippen molar-refractivity contribution in [1.82, 2.24) is 14.3 Å². The standard InChI is InChI=1S/C9H16N4O3/c1-6(14)4-5-10-7-8(15)12(2)9(16)13(3)11-7/h6,14H,4-5H2,1-3H3,(H,10,11). The minimum Gasteiger partial charge on any atom is -0.393 e. The number of aryl methyl sites for hydroxylation is 1. The second kappa shape index (κ2) is 4.93. The van der Waals surface area contributed by atoms with E-state index in [0.29, 0.717) is 13.0 Å². The van der Waals surface area contributed by atoms with Gasteiger partial charge in [-0.15, -0.1) is 5.10 Å². The SMILES string of the molecule is CC(O)CCNc1nn(C)c(=O)n(C)c1=O. The summed E-state index contributed by atoms with van der Waals surface area (Å²) < 4.78 is 2.07. The number of aliphatic hydroxyl groups is 1. The van der Waals surface area contributed by atoms with Gasteiger partial charge in [0.2, 0.25) is 5.82 Å². The van der Waals surface area contributed by atoms with E-state index in [9.17, 15) is 9.59 Å². The van der Waals surface area contributed by atoms with Crippen molar-refractivity contribution in [2.24, 2.45) is 14.1 Å². The number of aromatic nitrogens is 3. The van der Waals surface area contributed by atoms with Gasteiger partial charge in [0.05, 0.1) is 6.10 Å². The second-order valence-electron chi connectivity index (χ2n) is 3.68. The van der Waals surface area contributed by atoms with Crippen LogP contribution in [0.3, 0.4) is 0 Å². The van der Waals surface area contributed by atoms with Gasteiger partial charge >= 0.3 is 5.69 Å². The van der Waals surface area contributed by atoms with E-state index in [1.165, 1.54) is 14.1 Å². The van der Waals surface area contributed by atoms with Gasteiger partial charge in [0.15, 0.2) is 0 Å². The third-order valence-electron chi connectivity index (χ3n) is 2.18. The van der Waals surface area contributed by atoms with Crippen molar-refractivity contribution in [2.75, 3.05) is 11.9 Å². The van der Waals surface area contributed by atoms with Gasteiger partial charge in [0.1, 0.15) is 0 Å². The Bertz CT molecular complexity index is 475. The summed E-state index contributed by atoms with van der Waals surface area (Å²) in [5, 5.41) is 15.7. The van der Waals surface area contributed by atoms with Crippen LogP contribution in [0.4, 0.5) is 5.82 Å². The van der Waals surface area contributed by atoms with Crippen LogP contribution in [0.15, 0.2) is 9.59 Å². The van der Waals surface area contributed by atoms with Crippen LogP contribution in [-0.2, 0) is 14.1 Å². The fourth-order valence-electron chi connectivity index (χ4n) is 1.21. The van der Waals surface area contributed by atoms with E-state index in [-0.39, 0.29) is 5.82 Å². The molecule has 7 nitrogen and oxygen atoms in total. The summed E-state index contributed by atoms with van der Waals surface area (Å²) in [6.45, 7) is 2.09. The Morgan fingerprint density at radius 1 is 1.44 bits per heavy atom. The molecular formula is C9H16N4O3. The third-order valence-corrected chi connectivity index (χ3v) is 2.18. The maximum Gasteiger partial charge on any atom is 0.346 e. The summed E-state index contributed by atoms with van der Waals surface area (Å²) in [4.78, 5) is 22.9. The Kier molecular flexibility index (Phi) is 3.83. The summed E-state index contributed by atoms with van der Waals surface area (Å²) in [6.07, 6.45) is 0.0668. The molecule has 0 saturated carbocycles. The molecule has 0 aliphatic carbocycles. The number of hydrogen-bond acceptors (Lipinski definition) is 5. The van der Waals surface area contributed by atoms with Gasteiger partial charge in [0, 0.05) is 20.6 Å². The van der Waals surface area contributed by atoms with Gasteiger partial charge < -0.3 is 10.4 Å². The van der Waals surface area contributed by atoms with Gasteiger partial charge in [-0.3, -0.25) is 9.36 Å². The van der Waals surface area contributed by atoms with E-state index >= 15 is 0 Å². The highest BCUT2D eigenvalue weighted by atomic mass is 16.3. The molecule has 0 amide bonds. The molecule has 0 aromatic carbocycles.